The third-order valence-corrected chi connectivity index (χ3v) is 4.79. The number of hydrogen-bond acceptors (Lipinski definition) is 1. The van der Waals surface area contributed by atoms with E-state index in [2.05, 4.69) is 77.0 Å². The number of hydrogen-bond donors (Lipinski definition) is 1. The molecule has 0 bridgehead atoms. The first-order chi connectivity index (χ1) is 8.01. The van der Waals surface area contributed by atoms with Crippen LogP contribution in [0.4, 0.5) is 0 Å². The Labute approximate surface area is 122 Å². The van der Waals surface area contributed by atoms with Gasteiger partial charge in [-0.05, 0) is 42.6 Å². The van der Waals surface area contributed by atoms with Crippen molar-refractivity contribution in [3.05, 3.63) is 32.2 Å². The van der Waals surface area contributed by atoms with E-state index in [1.807, 2.05) is 0 Å². The van der Waals surface area contributed by atoms with Gasteiger partial charge >= 0.3 is 0 Å². The molecular formula is C14H21Br2N. The summed E-state index contributed by atoms with van der Waals surface area (Å²) < 4.78 is 2.38. The molecule has 1 aromatic carbocycles. The van der Waals surface area contributed by atoms with Gasteiger partial charge in [-0.1, -0.05) is 59.1 Å². The van der Waals surface area contributed by atoms with Crippen LogP contribution in [0.2, 0.25) is 0 Å². The van der Waals surface area contributed by atoms with Crippen molar-refractivity contribution in [3.63, 3.8) is 0 Å². The molecule has 1 aromatic rings. The van der Waals surface area contributed by atoms with Crippen LogP contribution in [0.5, 0.6) is 0 Å². The van der Waals surface area contributed by atoms with Gasteiger partial charge in [-0.3, -0.25) is 0 Å². The van der Waals surface area contributed by atoms with Gasteiger partial charge in [0.15, 0.2) is 0 Å². The first kappa shape index (κ1) is 15.2. The zero-order chi connectivity index (χ0) is 13.0. The quantitative estimate of drug-likeness (QED) is 0.757. The molecule has 0 aliphatic heterocycles. The minimum atomic E-state index is 0.413. The number of benzene rings is 1. The van der Waals surface area contributed by atoms with Crippen molar-refractivity contribution in [2.75, 3.05) is 6.54 Å². The fourth-order valence-corrected chi connectivity index (χ4v) is 3.04. The number of aryl methyl sites for hydroxylation is 1. The summed E-state index contributed by atoms with van der Waals surface area (Å²) in [4.78, 5) is 0. The molecule has 0 heterocycles. The van der Waals surface area contributed by atoms with Gasteiger partial charge in [0.05, 0.1) is 0 Å². The molecule has 0 aromatic heterocycles. The maximum Gasteiger partial charge on any atom is 0.0357 e. The minimum Gasteiger partial charge on any atom is -0.310 e. The molecule has 0 saturated heterocycles. The third-order valence-electron chi connectivity index (χ3n) is 3.25. The summed E-state index contributed by atoms with van der Waals surface area (Å²) in [7, 11) is 0. The van der Waals surface area contributed by atoms with Crippen molar-refractivity contribution in [1.29, 1.82) is 0 Å². The Morgan fingerprint density at radius 2 is 1.82 bits per heavy atom. The molecule has 0 amide bonds. The normalized spacial score (nSPS) is 14.7. The van der Waals surface area contributed by atoms with E-state index in [9.17, 15) is 0 Å². The van der Waals surface area contributed by atoms with Crippen molar-refractivity contribution in [2.45, 2.75) is 40.2 Å². The molecule has 2 unspecified atom stereocenters. The molecule has 17 heavy (non-hydrogen) atoms. The second-order valence-corrected chi connectivity index (χ2v) is 6.25. The first-order valence-electron chi connectivity index (χ1n) is 6.20. The van der Waals surface area contributed by atoms with E-state index in [1.54, 1.807) is 0 Å². The van der Waals surface area contributed by atoms with Gasteiger partial charge in [0.1, 0.15) is 0 Å². The molecule has 3 heteroatoms. The zero-order valence-corrected chi connectivity index (χ0v) is 14.2. The summed E-state index contributed by atoms with van der Waals surface area (Å²) >= 11 is 7.31. The molecule has 1 nitrogen and oxygen atoms in total. The SMILES string of the molecule is CCNC(c1cc(Br)c(C)cc1Br)C(C)CC. The molecule has 0 aliphatic rings. The third kappa shape index (κ3) is 3.80. The Balaban J connectivity index is 3.13. The molecule has 1 N–H and O–H groups in total. The minimum absolute atomic E-state index is 0.413. The van der Waals surface area contributed by atoms with Crippen LogP contribution in [0.3, 0.4) is 0 Å². The van der Waals surface area contributed by atoms with Gasteiger partial charge in [-0.15, -0.1) is 0 Å². The highest BCUT2D eigenvalue weighted by molar-refractivity contribution is 9.11. The molecule has 0 saturated carbocycles. The van der Waals surface area contributed by atoms with Crippen LogP contribution >= 0.6 is 31.9 Å². The van der Waals surface area contributed by atoms with Crippen LogP contribution in [0.25, 0.3) is 0 Å². The Bertz CT molecular complexity index is 377. The maximum atomic E-state index is 3.69. The van der Waals surface area contributed by atoms with Crippen LogP contribution in [0.15, 0.2) is 21.1 Å². The van der Waals surface area contributed by atoms with Crippen molar-refractivity contribution in [1.82, 2.24) is 5.32 Å². The van der Waals surface area contributed by atoms with Crippen molar-refractivity contribution < 1.29 is 0 Å². The average Bonchev–Trinajstić information content (AvgIpc) is 2.30. The summed E-state index contributed by atoms with van der Waals surface area (Å²) in [6.45, 7) is 9.81. The number of halogens is 2. The lowest BCUT2D eigenvalue weighted by molar-refractivity contribution is 0.382. The van der Waals surface area contributed by atoms with Gasteiger partial charge < -0.3 is 5.32 Å². The van der Waals surface area contributed by atoms with E-state index >= 15 is 0 Å². The van der Waals surface area contributed by atoms with Gasteiger partial charge in [-0.25, -0.2) is 0 Å². The fourth-order valence-electron chi connectivity index (χ4n) is 1.97. The summed E-state index contributed by atoms with van der Waals surface area (Å²) in [6.07, 6.45) is 1.18. The largest absolute Gasteiger partial charge is 0.310 e. The standard InChI is InChI=1S/C14H21Br2N/c1-5-9(3)14(17-6-2)11-8-12(15)10(4)7-13(11)16/h7-9,14,17H,5-6H2,1-4H3. The molecule has 2 atom stereocenters. The lowest BCUT2D eigenvalue weighted by Gasteiger charge is -2.26. The van der Waals surface area contributed by atoms with E-state index in [0.29, 0.717) is 12.0 Å². The predicted molar refractivity (Wildman–Crippen MR) is 82.5 cm³/mol. The Hall–Kier alpha value is 0.140. The smallest absolute Gasteiger partial charge is 0.0357 e. The van der Waals surface area contributed by atoms with E-state index in [4.69, 9.17) is 0 Å². The van der Waals surface area contributed by atoms with Gasteiger partial charge in [0.25, 0.3) is 0 Å². The van der Waals surface area contributed by atoms with Gasteiger partial charge in [-0.2, -0.15) is 0 Å². The maximum absolute atomic E-state index is 3.69. The molecule has 0 aliphatic carbocycles. The topological polar surface area (TPSA) is 12.0 Å². The highest BCUT2D eigenvalue weighted by Crippen LogP contribution is 2.34. The van der Waals surface area contributed by atoms with Crippen molar-refractivity contribution >= 4 is 31.9 Å². The van der Waals surface area contributed by atoms with Crippen molar-refractivity contribution in [2.24, 2.45) is 5.92 Å². The van der Waals surface area contributed by atoms with E-state index in [-0.39, 0.29) is 0 Å². The van der Waals surface area contributed by atoms with E-state index in [1.165, 1.54) is 26.5 Å². The van der Waals surface area contributed by atoms with Crippen LogP contribution in [0, 0.1) is 12.8 Å². The average molecular weight is 363 g/mol. The molecular weight excluding hydrogens is 342 g/mol. The Morgan fingerprint density at radius 3 is 2.35 bits per heavy atom. The lowest BCUT2D eigenvalue weighted by atomic mass is 9.92. The monoisotopic (exact) mass is 361 g/mol. The predicted octanol–water partition coefficient (Wildman–Crippen LogP) is 5.22. The van der Waals surface area contributed by atoms with Gasteiger partial charge in [0, 0.05) is 15.0 Å². The fraction of sp³-hybridized carbons (Fsp3) is 0.571. The molecule has 1 rings (SSSR count). The summed E-state index contributed by atoms with van der Waals surface area (Å²) in [5, 5.41) is 3.59. The zero-order valence-electron chi connectivity index (χ0n) is 11.0. The number of rotatable bonds is 5. The first-order valence-corrected chi connectivity index (χ1v) is 7.78. The van der Waals surface area contributed by atoms with Crippen LogP contribution in [-0.2, 0) is 0 Å². The number of nitrogens with one attached hydrogen (secondary N) is 1. The van der Waals surface area contributed by atoms with Crippen LogP contribution < -0.4 is 5.32 Å². The van der Waals surface area contributed by atoms with Gasteiger partial charge in [0.2, 0.25) is 0 Å². The second kappa shape index (κ2) is 6.91. The molecule has 0 fully saturated rings. The summed E-state index contributed by atoms with van der Waals surface area (Å²) in [5.74, 6) is 0.626. The summed E-state index contributed by atoms with van der Waals surface area (Å²) in [5.41, 5.74) is 2.61. The van der Waals surface area contributed by atoms with Crippen LogP contribution in [-0.4, -0.2) is 6.54 Å². The molecule has 0 spiro atoms. The Morgan fingerprint density at radius 1 is 1.18 bits per heavy atom. The van der Waals surface area contributed by atoms with Crippen LogP contribution in [0.1, 0.15) is 44.4 Å². The lowest BCUT2D eigenvalue weighted by Crippen LogP contribution is -2.27. The highest BCUT2D eigenvalue weighted by atomic mass is 79.9. The molecule has 96 valence electrons. The molecule has 0 radical (unpaired) electrons. The highest BCUT2D eigenvalue weighted by Gasteiger charge is 2.20. The van der Waals surface area contributed by atoms with E-state index in [0.717, 1.165) is 6.54 Å². The van der Waals surface area contributed by atoms with E-state index < -0.39 is 0 Å². The van der Waals surface area contributed by atoms with Crippen molar-refractivity contribution in [3.8, 4) is 0 Å². The Kier molecular flexibility index (Phi) is 6.18. The second-order valence-electron chi connectivity index (χ2n) is 4.54. The summed E-state index contributed by atoms with van der Waals surface area (Å²) in [6, 6.07) is 4.83.